The first-order chi connectivity index (χ1) is 12.6. The molecule has 0 radical (unpaired) electrons. The maximum Gasteiger partial charge on any atom is 0.161 e. The average molecular weight is 355 g/mol. The van der Waals surface area contributed by atoms with Crippen molar-refractivity contribution in [3.05, 3.63) is 46.5 Å². The molecule has 0 aliphatic heterocycles. The molecule has 0 amide bonds. The van der Waals surface area contributed by atoms with Crippen LogP contribution in [-0.4, -0.2) is 39.4 Å². The number of methoxy groups -OCH3 is 4. The van der Waals surface area contributed by atoms with Gasteiger partial charge in [0, 0.05) is 12.0 Å². The zero-order valence-corrected chi connectivity index (χ0v) is 15.2. The van der Waals surface area contributed by atoms with Gasteiger partial charge in [0.05, 0.1) is 34.2 Å². The van der Waals surface area contributed by atoms with Crippen LogP contribution in [0.5, 0.6) is 23.0 Å². The van der Waals surface area contributed by atoms with E-state index < -0.39 is 0 Å². The highest BCUT2D eigenvalue weighted by Gasteiger charge is 2.20. The van der Waals surface area contributed by atoms with Crippen molar-refractivity contribution in [3.8, 4) is 23.0 Å². The molecule has 6 heteroatoms. The molecule has 2 aromatic carbocycles. The van der Waals surface area contributed by atoms with E-state index in [1.807, 2.05) is 36.4 Å². The first-order valence-corrected chi connectivity index (χ1v) is 8.05. The number of hydrogen-bond donors (Lipinski definition) is 1. The summed E-state index contributed by atoms with van der Waals surface area (Å²) in [5.74, 6) is 2.46. The predicted octanol–water partition coefficient (Wildman–Crippen LogP) is 3.63. The molecule has 0 spiro atoms. The lowest BCUT2D eigenvalue weighted by atomic mass is 9.91. The highest BCUT2D eigenvalue weighted by molar-refractivity contribution is 6.06. The largest absolute Gasteiger partial charge is 0.493 e. The summed E-state index contributed by atoms with van der Waals surface area (Å²) in [6, 6.07) is 7.49. The Balaban J connectivity index is 2.21. The van der Waals surface area contributed by atoms with Crippen molar-refractivity contribution in [2.75, 3.05) is 28.4 Å². The topological polar surface area (TPSA) is 69.5 Å². The molecule has 0 bridgehead atoms. The monoisotopic (exact) mass is 355 g/mol. The predicted molar refractivity (Wildman–Crippen MR) is 100 cm³/mol. The number of rotatable bonds is 4. The summed E-state index contributed by atoms with van der Waals surface area (Å²) in [7, 11) is 6.36. The smallest absolute Gasteiger partial charge is 0.161 e. The molecule has 0 unspecified atom stereocenters. The summed E-state index contributed by atoms with van der Waals surface area (Å²) in [6.07, 6.45) is 4.38. The van der Waals surface area contributed by atoms with Crippen LogP contribution in [-0.2, 0) is 6.42 Å². The van der Waals surface area contributed by atoms with Gasteiger partial charge in [0.15, 0.2) is 23.0 Å². The van der Waals surface area contributed by atoms with E-state index in [0.29, 0.717) is 35.1 Å². The minimum atomic E-state index is 0.430. The van der Waals surface area contributed by atoms with Crippen LogP contribution in [0.3, 0.4) is 0 Å². The van der Waals surface area contributed by atoms with Crippen molar-refractivity contribution in [2.24, 2.45) is 5.16 Å². The lowest BCUT2D eigenvalue weighted by molar-refractivity contribution is 0.318. The van der Waals surface area contributed by atoms with Crippen LogP contribution in [0.1, 0.15) is 22.3 Å². The van der Waals surface area contributed by atoms with Gasteiger partial charge >= 0.3 is 0 Å². The summed E-state index contributed by atoms with van der Waals surface area (Å²) < 4.78 is 21.5. The van der Waals surface area contributed by atoms with Crippen molar-refractivity contribution in [3.63, 3.8) is 0 Å². The highest BCUT2D eigenvalue weighted by atomic mass is 16.5. The van der Waals surface area contributed by atoms with Gasteiger partial charge in [-0.3, -0.25) is 0 Å². The lowest BCUT2D eigenvalue weighted by Crippen LogP contribution is -2.11. The SMILES string of the molecule is COc1cc2c(cc1OC)C/C(=N\O)c1cc(OC)c(OC)cc1/C=C\2. The number of fused-ring (bicyclic) bond motifs is 2. The van der Waals surface area contributed by atoms with E-state index in [0.717, 1.165) is 22.3 Å². The summed E-state index contributed by atoms with van der Waals surface area (Å²) >= 11 is 0. The molecular weight excluding hydrogens is 334 g/mol. The quantitative estimate of drug-likeness (QED) is 0.670. The summed E-state index contributed by atoms with van der Waals surface area (Å²) in [4.78, 5) is 0. The van der Waals surface area contributed by atoms with Gasteiger partial charge in [-0.25, -0.2) is 0 Å². The van der Waals surface area contributed by atoms with Gasteiger partial charge in [-0.1, -0.05) is 17.3 Å². The normalized spacial score (nSPS) is 15.3. The molecule has 6 nitrogen and oxygen atoms in total. The first-order valence-electron chi connectivity index (χ1n) is 8.05. The highest BCUT2D eigenvalue weighted by Crippen LogP contribution is 2.36. The average Bonchev–Trinajstić information content (AvgIpc) is 2.68. The zero-order valence-electron chi connectivity index (χ0n) is 15.2. The Kier molecular flexibility index (Phi) is 5.02. The van der Waals surface area contributed by atoms with E-state index in [1.54, 1.807) is 28.4 Å². The summed E-state index contributed by atoms with van der Waals surface area (Å²) in [5, 5.41) is 13.2. The van der Waals surface area contributed by atoms with Crippen LogP contribution < -0.4 is 18.9 Å². The zero-order chi connectivity index (χ0) is 18.7. The molecule has 1 N–H and O–H groups in total. The fourth-order valence-corrected chi connectivity index (χ4v) is 3.07. The molecule has 3 rings (SSSR count). The van der Waals surface area contributed by atoms with Crippen LogP contribution >= 0.6 is 0 Å². The molecule has 0 atom stereocenters. The molecule has 0 fully saturated rings. The number of hydrogen-bond acceptors (Lipinski definition) is 6. The Morgan fingerprint density at radius 3 is 1.81 bits per heavy atom. The Morgan fingerprint density at radius 1 is 0.731 bits per heavy atom. The van der Waals surface area contributed by atoms with Crippen molar-refractivity contribution < 1.29 is 24.2 Å². The maximum atomic E-state index is 9.63. The van der Waals surface area contributed by atoms with Crippen LogP contribution in [0.25, 0.3) is 12.2 Å². The Bertz CT molecular complexity index is 886. The molecule has 136 valence electrons. The van der Waals surface area contributed by atoms with E-state index >= 15 is 0 Å². The number of benzene rings is 2. The standard InChI is InChI=1S/C20H21NO5/c1-23-17-8-12-5-6-13-9-18(24-2)20(26-4)11-15(13)16(21-22)7-14(12)10-19(17)25-3/h5-6,8-11,22H,7H2,1-4H3/b6-5-,21-16+. The maximum absolute atomic E-state index is 9.63. The van der Waals surface area contributed by atoms with Gasteiger partial charge in [0.25, 0.3) is 0 Å². The Hall–Kier alpha value is -3.15. The number of ether oxygens (including phenoxy) is 4. The molecule has 1 aliphatic rings. The summed E-state index contributed by atoms with van der Waals surface area (Å²) in [6.45, 7) is 0. The number of nitrogens with zero attached hydrogens (tertiary/aromatic N) is 1. The van der Waals surface area contributed by atoms with Crippen LogP contribution in [0.2, 0.25) is 0 Å². The Labute approximate surface area is 152 Å². The molecule has 1 aliphatic carbocycles. The third kappa shape index (κ3) is 3.06. The van der Waals surface area contributed by atoms with Gasteiger partial charge < -0.3 is 24.2 Å². The van der Waals surface area contributed by atoms with Crippen LogP contribution in [0, 0.1) is 0 Å². The van der Waals surface area contributed by atoms with Gasteiger partial charge in [-0.05, 0) is 41.0 Å². The van der Waals surface area contributed by atoms with E-state index in [-0.39, 0.29) is 0 Å². The van der Waals surface area contributed by atoms with E-state index in [2.05, 4.69) is 5.16 Å². The molecule has 0 saturated heterocycles. The summed E-state index contributed by atoms with van der Waals surface area (Å²) in [5.41, 5.74) is 4.10. The second-order valence-corrected chi connectivity index (χ2v) is 5.76. The first kappa shape index (κ1) is 17.7. The van der Waals surface area contributed by atoms with Gasteiger partial charge in [0.1, 0.15) is 0 Å². The van der Waals surface area contributed by atoms with Gasteiger partial charge in [0.2, 0.25) is 0 Å². The molecule has 26 heavy (non-hydrogen) atoms. The minimum Gasteiger partial charge on any atom is -0.493 e. The fraction of sp³-hybridized carbons (Fsp3) is 0.250. The lowest BCUT2D eigenvalue weighted by Gasteiger charge is -2.18. The molecule has 2 aromatic rings. The van der Waals surface area contributed by atoms with Crippen LogP contribution in [0.4, 0.5) is 0 Å². The van der Waals surface area contributed by atoms with E-state index in [9.17, 15) is 5.21 Å². The molecule has 0 saturated carbocycles. The van der Waals surface area contributed by atoms with Crippen molar-refractivity contribution >= 4 is 17.9 Å². The second kappa shape index (κ2) is 7.39. The van der Waals surface area contributed by atoms with Crippen molar-refractivity contribution in [1.29, 1.82) is 0 Å². The Morgan fingerprint density at radius 2 is 1.23 bits per heavy atom. The third-order valence-corrected chi connectivity index (χ3v) is 4.43. The second-order valence-electron chi connectivity index (χ2n) is 5.76. The van der Waals surface area contributed by atoms with Crippen molar-refractivity contribution in [2.45, 2.75) is 6.42 Å². The molecular formula is C20H21NO5. The molecule has 0 aromatic heterocycles. The minimum absolute atomic E-state index is 0.430. The van der Waals surface area contributed by atoms with E-state index in [1.165, 1.54) is 0 Å². The molecule has 0 heterocycles. The third-order valence-electron chi connectivity index (χ3n) is 4.43. The van der Waals surface area contributed by atoms with Gasteiger partial charge in [-0.2, -0.15) is 0 Å². The number of oxime groups is 1. The van der Waals surface area contributed by atoms with Gasteiger partial charge in [-0.15, -0.1) is 0 Å². The van der Waals surface area contributed by atoms with Crippen LogP contribution in [0.15, 0.2) is 29.4 Å². The van der Waals surface area contributed by atoms with Crippen molar-refractivity contribution in [1.82, 2.24) is 0 Å². The van der Waals surface area contributed by atoms with E-state index in [4.69, 9.17) is 18.9 Å². The fourth-order valence-electron chi connectivity index (χ4n) is 3.07.